The first-order valence-corrected chi connectivity index (χ1v) is 7.83. The molecule has 0 bridgehead atoms. The minimum absolute atomic E-state index is 0.327. The first-order valence-electron chi connectivity index (χ1n) is 6.68. The van der Waals surface area contributed by atoms with Crippen LogP contribution in [-0.2, 0) is 17.6 Å². The Morgan fingerprint density at radius 3 is 3.22 bits per heavy atom. The number of rotatable bonds is 4. The van der Waals surface area contributed by atoms with E-state index < -0.39 is 0 Å². The number of Topliss-reactive ketones (excluding diaryl/α,β-unsaturated/α-hetero) is 1. The molecule has 2 heterocycles. The highest BCUT2D eigenvalue weighted by Gasteiger charge is 2.22. The van der Waals surface area contributed by atoms with Gasteiger partial charge in [-0.2, -0.15) is 11.8 Å². The zero-order chi connectivity index (χ0) is 12.4. The third-order valence-electron chi connectivity index (χ3n) is 3.80. The number of ketones is 1. The highest BCUT2D eigenvalue weighted by molar-refractivity contribution is 7.99. The molecule has 2 nitrogen and oxygen atoms in total. The van der Waals surface area contributed by atoms with Crippen molar-refractivity contribution in [2.75, 3.05) is 18.1 Å². The normalized spacial score (nSPS) is 21.7. The van der Waals surface area contributed by atoms with Crippen molar-refractivity contribution in [3.8, 4) is 5.75 Å². The molecule has 1 aromatic carbocycles. The fourth-order valence-corrected chi connectivity index (χ4v) is 3.91. The summed E-state index contributed by atoms with van der Waals surface area (Å²) in [6.45, 7) is 0.803. The van der Waals surface area contributed by atoms with E-state index in [1.165, 1.54) is 11.1 Å². The van der Waals surface area contributed by atoms with Gasteiger partial charge in [0.1, 0.15) is 11.5 Å². The fraction of sp³-hybridized carbons (Fsp3) is 0.533. The molecule has 96 valence electrons. The highest BCUT2D eigenvalue weighted by atomic mass is 32.2. The average molecular weight is 262 g/mol. The minimum atomic E-state index is 0.327. The van der Waals surface area contributed by atoms with Crippen LogP contribution in [0.2, 0.25) is 0 Å². The van der Waals surface area contributed by atoms with Crippen LogP contribution in [0.5, 0.6) is 5.75 Å². The fourth-order valence-electron chi connectivity index (χ4n) is 2.66. The summed E-state index contributed by atoms with van der Waals surface area (Å²) < 4.78 is 5.49. The summed E-state index contributed by atoms with van der Waals surface area (Å²) in [7, 11) is 0. The number of hydrogen-bond acceptors (Lipinski definition) is 3. The van der Waals surface area contributed by atoms with E-state index in [0.29, 0.717) is 18.1 Å². The number of fused-ring (bicyclic) bond motifs is 1. The molecule has 0 saturated carbocycles. The first-order chi connectivity index (χ1) is 8.83. The monoisotopic (exact) mass is 262 g/mol. The van der Waals surface area contributed by atoms with Gasteiger partial charge >= 0.3 is 0 Å². The molecule has 1 aromatic rings. The molecule has 1 saturated heterocycles. The number of aryl methyl sites for hydroxylation is 1. The van der Waals surface area contributed by atoms with Crippen LogP contribution in [0.15, 0.2) is 18.2 Å². The van der Waals surface area contributed by atoms with Gasteiger partial charge in [-0.15, -0.1) is 0 Å². The molecule has 0 amide bonds. The van der Waals surface area contributed by atoms with Gasteiger partial charge in [-0.25, -0.2) is 0 Å². The zero-order valence-corrected chi connectivity index (χ0v) is 11.3. The van der Waals surface area contributed by atoms with Crippen molar-refractivity contribution >= 4 is 17.5 Å². The van der Waals surface area contributed by atoms with Crippen LogP contribution < -0.4 is 4.74 Å². The van der Waals surface area contributed by atoms with Crippen molar-refractivity contribution in [1.29, 1.82) is 0 Å². The van der Waals surface area contributed by atoms with Gasteiger partial charge in [-0.05, 0) is 35.8 Å². The van der Waals surface area contributed by atoms with Crippen LogP contribution in [0.3, 0.4) is 0 Å². The Balaban J connectivity index is 1.58. The molecule has 3 heteroatoms. The lowest BCUT2D eigenvalue weighted by Crippen LogP contribution is -2.14. The van der Waals surface area contributed by atoms with Gasteiger partial charge in [0.2, 0.25) is 0 Å². The molecule has 2 aliphatic heterocycles. The van der Waals surface area contributed by atoms with E-state index in [1.54, 1.807) is 0 Å². The number of benzene rings is 1. The maximum atomic E-state index is 12.0. The Bertz CT molecular complexity index is 450. The number of thioether (sulfide) groups is 1. The van der Waals surface area contributed by atoms with Crippen molar-refractivity contribution < 1.29 is 9.53 Å². The predicted octanol–water partition coefficient (Wildman–Crippen LogP) is 2.88. The van der Waals surface area contributed by atoms with E-state index in [1.807, 2.05) is 17.8 Å². The SMILES string of the molecule is O=C(CCc1ccc2c(c1)CCO2)C1CCSC1. The molecular weight excluding hydrogens is 244 g/mol. The van der Waals surface area contributed by atoms with E-state index in [9.17, 15) is 4.79 Å². The second-order valence-corrected chi connectivity index (χ2v) is 6.22. The van der Waals surface area contributed by atoms with Crippen molar-refractivity contribution in [2.24, 2.45) is 5.92 Å². The second kappa shape index (κ2) is 5.35. The minimum Gasteiger partial charge on any atom is -0.493 e. The van der Waals surface area contributed by atoms with E-state index in [4.69, 9.17) is 4.74 Å². The largest absolute Gasteiger partial charge is 0.493 e. The van der Waals surface area contributed by atoms with Crippen LogP contribution in [0.25, 0.3) is 0 Å². The van der Waals surface area contributed by atoms with Crippen LogP contribution in [0.4, 0.5) is 0 Å². The molecule has 3 rings (SSSR count). The van der Waals surface area contributed by atoms with Crippen LogP contribution in [-0.4, -0.2) is 23.9 Å². The van der Waals surface area contributed by atoms with Crippen LogP contribution in [0.1, 0.15) is 24.0 Å². The van der Waals surface area contributed by atoms with Gasteiger partial charge < -0.3 is 4.74 Å². The average Bonchev–Trinajstić information content (AvgIpc) is 3.05. The Labute approximate surface area is 112 Å². The maximum absolute atomic E-state index is 12.0. The summed E-state index contributed by atoms with van der Waals surface area (Å²) >= 11 is 1.91. The van der Waals surface area contributed by atoms with Crippen LogP contribution in [0, 0.1) is 5.92 Å². The maximum Gasteiger partial charge on any atom is 0.137 e. The van der Waals surface area contributed by atoms with Crippen molar-refractivity contribution in [3.63, 3.8) is 0 Å². The van der Waals surface area contributed by atoms with Crippen molar-refractivity contribution in [1.82, 2.24) is 0 Å². The van der Waals surface area contributed by atoms with E-state index in [2.05, 4.69) is 12.1 Å². The van der Waals surface area contributed by atoms with Gasteiger partial charge in [0.05, 0.1) is 6.61 Å². The third-order valence-corrected chi connectivity index (χ3v) is 4.96. The number of carbonyl (C=O) groups excluding carboxylic acids is 1. The molecule has 0 N–H and O–H groups in total. The number of carbonyl (C=O) groups is 1. The zero-order valence-electron chi connectivity index (χ0n) is 10.5. The van der Waals surface area contributed by atoms with E-state index in [0.717, 1.165) is 43.1 Å². The first kappa shape index (κ1) is 12.1. The summed E-state index contributed by atoms with van der Waals surface area (Å²) in [4.78, 5) is 12.0. The van der Waals surface area contributed by atoms with Gasteiger partial charge in [0, 0.05) is 24.5 Å². The lowest BCUT2D eigenvalue weighted by atomic mass is 9.97. The summed E-state index contributed by atoms with van der Waals surface area (Å²) in [5, 5.41) is 0. The molecule has 0 aromatic heterocycles. The Morgan fingerprint density at radius 1 is 1.44 bits per heavy atom. The van der Waals surface area contributed by atoms with Crippen molar-refractivity contribution in [3.05, 3.63) is 29.3 Å². The quantitative estimate of drug-likeness (QED) is 0.834. The smallest absolute Gasteiger partial charge is 0.137 e. The third kappa shape index (κ3) is 2.56. The summed E-state index contributed by atoms with van der Waals surface area (Å²) in [5.41, 5.74) is 2.58. The summed E-state index contributed by atoms with van der Waals surface area (Å²) in [5.74, 6) is 4.01. The molecule has 0 aliphatic carbocycles. The second-order valence-electron chi connectivity index (χ2n) is 5.07. The topological polar surface area (TPSA) is 26.3 Å². The van der Waals surface area contributed by atoms with Gasteiger partial charge in [-0.1, -0.05) is 12.1 Å². The van der Waals surface area contributed by atoms with Crippen LogP contribution >= 0.6 is 11.8 Å². The molecule has 18 heavy (non-hydrogen) atoms. The summed E-state index contributed by atoms with van der Waals surface area (Å²) in [6.07, 6.45) is 3.68. The van der Waals surface area contributed by atoms with Crippen molar-refractivity contribution in [2.45, 2.75) is 25.7 Å². The Morgan fingerprint density at radius 2 is 2.39 bits per heavy atom. The number of hydrogen-bond donors (Lipinski definition) is 0. The molecule has 2 aliphatic rings. The molecule has 0 radical (unpaired) electrons. The van der Waals surface area contributed by atoms with Gasteiger partial charge in [0.15, 0.2) is 0 Å². The Hall–Kier alpha value is -0.960. The Kier molecular flexibility index (Phi) is 3.59. The molecule has 1 unspecified atom stereocenters. The van der Waals surface area contributed by atoms with E-state index >= 15 is 0 Å². The highest BCUT2D eigenvalue weighted by Crippen LogP contribution is 2.28. The van der Waals surface area contributed by atoms with Gasteiger partial charge in [-0.3, -0.25) is 4.79 Å². The van der Waals surface area contributed by atoms with Gasteiger partial charge in [0.25, 0.3) is 0 Å². The van der Waals surface area contributed by atoms with E-state index in [-0.39, 0.29) is 0 Å². The molecule has 1 fully saturated rings. The lowest BCUT2D eigenvalue weighted by Gasteiger charge is -2.07. The molecule has 0 spiro atoms. The standard InChI is InChI=1S/C15H18O2S/c16-14(13-6-8-18-10-13)3-1-11-2-4-15-12(9-11)5-7-17-15/h2,4,9,13H,1,3,5-8,10H2. The summed E-state index contributed by atoms with van der Waals surface area (Å²) in [6, 6.07) is 6.35. The molecular formula is C15H18O2S. The number of ether oxygens (including phenoxy) is 1. The predicted molar refractivity (Wildman–Crippen MR) is 74.4 cm³/mol. The lowest BCUT2D eigenvalue weighted by molar-refractivity contribution is -0.122. The molecule has 1 atom stereocenters.